The minimum atomic E-state index is -1.34. The highest BCUT2D eigenvalue weighted by Gasteiger charge is 2.44. The molecule has 2 N–H and O–H groups in total. The van der Waals surface area contributed by atoms with Crippen molar-refractivity contribution in [2.45, 2.75) is 31.5 Å². The van der Waals surface area contributed by atoms with Crippen LogP contribution >= 0.6 is 23.1 Å². The number of phenolic OH excluding ortho intramolecular Hbond substituents is 1. The van der Waals surface area contributed by atoms with Crippen LogP contribution in [0.5, 0.6) is 5.75 Å². The van der Waals surface area contributed by atoms with Gasteiger partial charge >= 0.3 is 5.97 Å². The second-order valence-corrected chi connectivity index (χ2v) is 8.45. The van der Waals surface area contributed by atoms with Crippen molar-refractivity contribution >= 4 is 50.2 Å². The molecule has 2 unspecified atom stereocenters. The number of nitrogens with zero attached hydrogens (tertiary/aromatic N) is 3. The standard InChI is InChI=1S/C16H13F2N3O5S2/c1-16(15(25)26-21-8(22)2-3-9(21)23)5-27-14(20-16)13-19-7-4-6(17)11(24)10(18)12(7)28-13/h4,8,22,24H,2-3,5H2,1H3. The Bertz CT molecular complexity index is 1040. The maximum atomic E-state index is 14.0. The number of aliphatic hydroxyl groups is 1. The number of aliphatic imine (C=N–C) groups is 1. The molecule has 1 amide bonds. The van der Waals surface area contributed by atoms with Crippen molar-refractivity contribution in [3.05, 3.63) is 22.7 Å². The largest absolute Gasteiger partial charge is 0.503 e. The molecule has 1 fully saturated rings. The molecule has 2 aromatic rings. The third-order valence-electron chi connectivity index (χ3n) is 4.33. The molecule has 2 atom stereocenters. The molecule has 2 aliphatic rings. The first-order valence-electron chi connectivity index (χ1n) is 8.12. The van der Waals surface area contributed by atoms with Gasteiger partial charge in [-0.3, -0.25) is 9.79 Å². The van der Waals surface area contributed by atoms with Crippen LogP contribution in [0.1, 0.15) is 24.8 Å². The van der Waals surface area contributed by atoms with Crippen LogP contribution in [0.4, 0.5) is 8.78 Å². The Morgan fingerprint density at radius 1 is 1.46 bits per heavy atom. The van der Waals surface area contributed by atoms with Crippen molar-refractivity contribution in [1.29, 1.82) is 0 Å². The number of halogens is 2. The summed E-state index contributed by atoms with van der Waals surface area (Å²) in [4.78, 5) is 37.6. The molecule has 28 heavy (non-hydrogen) atoms. The molecule has 0 radical (unpaired) electrons. The van der Waals surface area contributed by atoms with Gasteiger partial charge in [0.25, 0.3) is 5.91 Å². The number of aromatic nitrogens is 1. The third-order valence-corrected chi connectivity index (χ3v) is 6.79. The van der Waals surface area contributed by atoms with E-state index in [2.05, 4.69) is 9.98 Å². The number of carbonyl (C=O) groups is 2. The van der Waals surface area contributed by atoms with Gasteiger partial charge in [-0.2, -0.15) is 0 Å². The van der Waals surface area contributed by atoms with Gasteiger partial charge in [-0.05, 0) is 6.92 Å². The van der Waals surface area contributed by atoms with Gasteiger partial charge < -0.3 is 15.1 Å². The number of thioether (sulfide) groups is 1. The van der Waals surface area contributed by atoms with E-state index in [1.165, 1.54) is 18.7 Å². The Labute approximate surface area is 164 Å². The number of aromatic hydroxyl groups is 1. The summed E-state index contributed by atoms with van der Waals surface area (Å²) in [5.74, 6) is -4.44. The Morgan fingerprint density at radius 2 is 2.21 bits per heavy atom. The first-order valence-corrected chi connectivity index (χ1v) is 9.93. The van der Waals surface area contributed by atoms with Gasteiger partial charge in [-0.1, -0.05) is 0 Å². The van der Waals surface area contributed by atoms with E-state index in [0.29, 0.717) is 10.1 Å². The van der Waals surface area contributed by atoms with E-state index in [0.717, 1.165) is 17.4 Å². The van der Waals surface area contributed by atoms with Gasteiger partial charge in [0.05, 0.1) is 10.2 Å². The second kappa shape index (κ2) is 6.64. The second-order valence-electron chi connectivity index (χ2n) is 6.49. The van der Waals surface area contributed by atoms with Crippen molar-refractivity contribution in [1.82, 2.24) is 10.0 Å². The van der Waals surface area contributed by atoms with E-state index >= 15 is 0 Å². The van der Waals surface area contributed by atoms with E-state index in [4.69, 9.17) is 4.84 Å². The number of hydrogen-bond acceptors (Lipinski definition) is 9. The summed E-state index contributed by atoms with van der Waals surface area (Å²) in [6, 6.07) is 0.918. The average molecular weight is 429 g/mol. The summed E-state index contributed by atoms with van der Waals surface area (Å²) < 4.78 is 27.5. The molecule has 8 nitrogen and oxygen atoms in total. The van der Waals surface area contributed by atoms with Crippen molar-refractivity contribution < 1.29 is 33.4 Å². The predicted molar refractivity (Wildman–Crippen MR) is 96.8 cm³/mol. The third kappa shape index (κ3) is 3.01. The molecule has 4 rings (SSSR count). The van der Waals surface area contributed by atoms with Gasteiger partial charge in [0.15, 0.2) is 29.2 Å². The summed E-state index contributed by atoms with van der Waals surface area (Å²) in [5.41, 5.74) is -1.31. The molecule has 148 valence electrons. The topological polar surface area (TPSA) is 112 Å². The van der Waals surface area contributed by atoms with Crippen LogP contribution in [-0.2, 0) is 14.4 Å². The van der Waals surface area contributed by atoms with E-state index < -0.39 is 41.0 Å². The molecule has 0 saturated carbocycles. The highest BCUT2D eigenvalue weighted by atomic mass is 32.2. The molecular formula is C16H13F2N3O5S2. The molecular weight excluding hydrogens is 416 g/mol. The first kappa shape index (κ1) is 19.0. The number of benzene rings is 1. The lowest BCUT2D eigenvalue weighted by Crippen LogP contribution is -2.43. The van der Waals surface area contributed by atoms with E-state index in [1.807, 2.05) is 0 Å². The summed E-state index contributed by atoms with van der Waals surface area (Å²) >= 11 is 2.04. The fourth-order valence-corrected chi connectivity index (χ4v) is 4.94. The van der Waals surface area contributed by atoms with Gasteiger partial charge in [0.2, 0.25) is 0 Å². The number of hydroxylamine groups is 2. The number of rotatable bonds is 3. The van der Waals surface area contributed by atoms with Crippen LogP contribution in [0.15, 0.2) is 11.1 Å². The molecule has 1 saturated heterocycles. The SMILES string of the molecule is CC1(C(=O)ON2C(=O)CCC2O)CSC(c2nc3cc(F)c(O)c(F)c3s2)=N1. The lowest BCUT2D eigenvalue weighted by molar-refractivity contribution is -0.223. The van der Waals surface area contributed by atoms with Crippen LogP contribution in [-0.4, -0.2) is 54.7 Å². The number of fused-ring (bicyclic) bond motifs is 1. The van der Waals surface area contributed by atoms with Crippen molar-refractivity contribution in [2.24, 2.45) is 4.99 Å². The lowest BCUT2D eigenvalue weighted by Gasteiger charge is -2.23. The number of phenols is 1. The van der Waals surface area contributed by atoms with E-state index in [9.17, 15) is 28.6 Å². The molecule has 0 spiro atoms. The number of hydrogen-bond donors (Lipinski definition) is 2. The predicted octanol–water partition coefficient (Wildman–Crippen LogP) is 1.93. The minimum Gasteiger partial charge on any atom is -0.503 e. The smallest absolute Gasteiger partial charge is 0.360 e. The quantitative estimate of drug-likeness (QED) is 0.767. The number of amides is 1. The summed E-state index contributed by atoms with van der Waals surface area (Å²) in [7, 11) is 0. The molecule has 3 heterocycles. The van der Waals surface area contributed by atoms with Gasteiger partial charge in [-0.15, -0.1) is 28.2 Å². The highest BCUT2D eigenvalue weighted by Crippen LogP contribution is 2.38. The minimum absolute atomic E-state index is 0.0260. The summed E-state index contributed by atoms with van der Waals surface area (Å²) in [6.07, 6.45) is -0.936. The highest BCUT2D eigenvalue weighted by molar-refractivity contribution is 8.15. The summed E-state index contributed by atoms with van der Waals surface area (Å²) in [6.45, 7) is 1.50. The zero-order valence-corrected chi connectivity index (χ0v) is 15.9. The van der Waals surface area contributed by atoms with Crippen LogP contribution in [0.2, 0.25) is 0 Å². The van der Waals surface area contributed by atoms with Crippen LogP contribution in [0.25, 0.3) is 10.2 Å². The van der Waals surface area contributed by atoms with Crippen LogP contribution in [0, 0.1) is 11.6 Å². The molecule has 0 bridgehead atoms. The Kier molecular flexibility index (Phi) is 4.51. The van der Waals surface area contributed by atoms with Gasteiger partial charge in [-0.25, -0.2) is 18.6 Å². The number of thiazole rings is 1. The maximum Gasteiger partial charge on any atom is 0.360 e. The van der Waals surface area contributed by atoms with Crippen LogP contribution < -0.4 is 0 Å². The Balaban J connectivity index is 1.61. The zero-order valence-electron chi connectivity index (χ0n) is 14.3. The van der Waals surface area contributed by atoms with Crippen molar-refractivity contribution in [3.8, 4) is 5.75 Å². The Morgan fingerprint density at radius 3 is 2.89 bits per heavy atom. The average Bonchev–Trinajstić information content (AvgIpc) is 3.34. The Hall–Kier alpha value is -2.31. The molecule has 1 aromatic carbocycles. The monoisotopic (exact) mass is 429 g/mol. The first-order chi connectivity index (χ1) is 13.2. The lowest BCUT2D eigenvalue weighted by atomic mass is 10.1. The van der Waals surface area contributed by atoms with E-state index in [-0.39, 0.29) is 33.8 Å². The maximum absolute atomic E-state index is 14.0. The van der Waals surface area contributed by atoms with E-state index in [1.54, 1.807) is 0 Å². The van der Waals surface area contributed by atoms with Crippen molar-refractivity contribution in [3.63, 3.8) is 0 Å². The molecule has 0 aliphatic carbocycles. The van der Waals surface area contributed by atoms with Crippen molar-refractivity contribution in [2.75, 3.05) is 5.75 Å². The zero-order chi connectivity index (χ0) is 20.2. The van der Waals surface area contributed by atoms with Gasteiger partial charge in [0.1, 0.15) is 10.1 Å². The number of carbonyl (C=O) groups excluding carboxylic acids is 2. The molecule has 2 aliphatic heterocycles. The molecule has 1 aromatic heterocycles. The van der Waals surface area contributed by atoms with Gasteiger partial charge in [0, 0.05) is 24.7 Å². The molecule has 12 heteroatoms. The summed E-state index contributed by atoms with van der Waals surface area (Å²) in [5, 5.41) is 20.3. The number of aliphatic hydroxyl groups excluding tert-OH is 1. The fourth-order valence-electron chi connectivity index (χ4n) is 2.74. The van der Waals surface area contributed by atoms with Crippen LogP contribution in [0.3, 0.4) is 0 Å². The normalized spacial score (nSPS) is 24.9. The fraction of sp³-hybridized carbons (Fsp3) is 0.375.